The molecule has 0 saturated heterocycles. The summed E-state index contributed by atoms with van der Waals surface area (Å²) in [5, 5.41) is 5.37. The van der Waals surface area contributed by atoms with E-state index in [1.807, 2.05) is 16.8 Å². The van der Waals surface area contributed by atoms with Gasteiger partial charge in [0.25, 0.3) is 0 Å². The van der Waals surface area contributed by atoms with Crippen molar-refractivity contribution in [1.82, 2.24) is 0 Å². The molecule has 0 saturated carbocycles. The van der Waals surface area contributed by atoms with Crippen LogP contribution in [-0.2, 0) is 11.3 Å². The maximum atomic E-state index is 11.6. The van der Waals surface area contributed by atoms with E-state index in [0.29, 0.717) is 10.4 Å². The number of amides is 1. The molecule has 2 aromatic heterocycles. The van der Waals surface area contributed by atoms with Crippen LogP contribution in [0.1, 0.15) is 25.6 Å². The zero-order valence-electron chi connectivity index (χ0n) is 8.71. The highest BCUT2D eigenvalue weighted by atomic mass is 32.1. The molecule has 2 rings (SSSR count). The van der Waals surface area contributed by atoms with Crippen LogP contribution in [0, 0.1) is 0 Å². The topological polar surface area (TPSA) is 69.4 Å². The Morgan fingerprint density at radius 3 is 2.76 bits per heavy atom. The molecule has 1 amide bonds. The molecule has 0 spiro atoms. The Balaban J connectivity index is 1.97. The lowest BCUT2D eigenvalue weighted by Crippen LogP contribution is -2.09. The number of hydrogen-bond donors (Lipinski definition) is 1. The minimum Gasteiger partial charge on any atom is -0.457 e. The van der Waals surface area contributed by atoms with E-state index in [1.54, 1.807) is 16.7 Å². The van der Waals surface area contributed by atoms with E-state index in [0.717, 1.165) is 16.9 Å². The summed E-state index contributed by atoms with van der Waals surface area (Å²) in [7, 11) is 0. The number of rotatable bonds is 4. The Morgan fingerprint density at radius 2 is 2.18 bits per heavy atom. The number of carbonyl (C=O) groups excluding carboxylic acids is 2. The highest BCUT2D eigenvalue weighted by molar-refractivity contribution is 7.12. The standard InChI is InChI=1S/C11H9NO3S2/c12-10(13)8-3-9(17-6-8)11(14)15-4-7-1-2-16-5-7/h1-3,5-6H,4H2,(H2,12,13). The molecule has 2 aromatic rings. The first kappa shape index (κ1) is 11.8. The Bertz CT molecular complexity index is 531. The van der Waals surface area contributed by atoms with Crippen molar-refractivity contribution in [2.75, 3.05) is 0 Å². The smallest absolute Gasteiger partial charge is 0.348 e. The summed E-state index contributed by atoms with van der Waals surface area (Å²) in [6.45, 7) is 0.242. The van der Waals surface area contributed by atoms with Gasteiger partial charge >= 0.3 is 5.97 Å². The predicted molar refractivity (Wildman–Crippen MR) is 66.3 cm³/mol. The van der Waals surface area contributed by atoms with Crippen molar-refractivity contribution in [1.29, 1.82) is 0 Å². The molecular weight excluding hydrogens is 258 g/mol. The highest BCUT2D eigenvalue weighted by Gasteiger charge is 2.13. The molecule has 4 nitrogen and oxygen atoms in total. The van der Waals surface area contributed by atoms with E-state index < -0.39 is 11.9 Å². The number of esters is 1. The zero-order chi connectivity index (χ0) is 12.3. The molecule has 88 valence electrons. The molecule has 0 bridgehead atoms. The summed E-state index contributed by atoms with van der Waals surface area (Å²) in [5.41, 5.74) is 6.38. The Kier molecular flexibility index (Phi) is 3.55. The number of thiophene rings is 2. The van der Waals surface area contributed by atoms with Gasteiger partial charge in [0.15, 0.2) is 0 Å². The first-order valence-corrected chi connectivity index (χ1v) is 6.55. The second-order valence-electron chi connectivity index (χ2n) is 3.27. The molecule has 6 heteroatoms. The monoisotopic (exact) mass is 267 g/mol. The van der Waals surface area contributed by atoms with Gasteiger partial charge < -0.3 is 10.5 Å². The van der Waals surface area contributed by atoms with Crippen LogP contribution >= 0.6 is 22.7 Å². The molecule has 0 radical (unpaired) electrons. The molecule has 0 aromatic carbocycles. The zero-order valence-corrected chi connectivity index (χ0v) is 10.3. The molecule has 0 aliphatic rings. The second-order valence-corrected chi connectivity index (χ2v) is 4.96. The Morgan fingerprint density at radius 1 is 1.35 bits per heavy atom. The van der Waals surface area contributed by atoms with Crippen molar-refractivity contribution in [2.45, 2.75) is 6.61 Å². The van der Waals surface area contributed by atoms with Gasteiger partial charge in [-0.15, -0.1) is 11.3 Å². The Hall–Kier alpha value is -1.66. The van der Waals surface area contributed by atoms with Gasteiger partial charge in [-0.2, -0.15) is 11.3 Å². The predicted octanol–water partition coefficient (Wildman–Crippen LogP) is 2.27. The third kappa shape index (κ3) is 2.92. The highest BCUT2D eigenvalue weighted by Crippen LogP contribution is 2.16. The third-order valence-electron chi connectivity index (χ3n) is 2.04. The van der Waals surface area contributed by atoms with Gasteiger partial charge in [-0.05, 0) is 22.9 Å². The van der Waals surface area contributed by atoms with Crippen LogP contribution in [0.5, 0.6) is 0 Å². The first-order chi connectivity index (χ1) is 8.16. The minimum atomic E-state index is -0.543. The van der Waals surface area contributed by atoms with Crippen molar-refractivity contribution < 1.29 is 14.3 Å². The molecule has 0 unspecified atom stereocenters. The van der Waals surface area contributed by atoms with Crippen LogP contribution in [0.3, 0.4) is 0 Å². The van der Waals surface area contributed by atoms with Crippen molar-refractivity contribution in [3.8, 4) is 0 Å². The summed E-state index contributed by atoms with van der Waals surface area (Å²) in [6.07, 6.45) is 0. The van der Waals surface area contributed by atoms with Crippen LogP contribution in [0.25, 0.3) is 0 Å². The molecule has 2 heterocycles. The van der Waals surface area contributed by atoms with Gasteiger partial charge in [0, 0.05) is 10.9 Å². The lowest BCUT2D eigenvalue weighted by Gasteiger charge is -2.00. The van der Waals surface area contributed by atoms with Gasteiger partial charge in [0.1, 0.15) is 11.5 Å². The summed E-state index contributed by atoms with van der Waals surface area (Å²) in [5.74, 6) is -0.980. The fourth-order valence-electron chi connectivity index (χ4n) is 1.17. The summed E-state index contributed by atoms with van der Waals surface area (Å²) >= 11 is 2.70. The number of ether oxygens (including phenoxy) is 1. The quantitative estimate of drug-likeness (QED) is 0.864. The average Bonchev–Trinajstić information content (AvgIpc) is 2.96. The Labute approximate surface area is 106 Å². The van der Waals surface area contributed by atoms with E-state index in [2.05, 4.69) is 0 Å². The third-order valence-corrected chi connectivity index (χ3v) is 3.68. The van der Waals surface area contributed by atoms with Gasteiger partial charge in [0.05, 0.1) is 5.56 Å². The van der Waals surface area contributed by atoms with Gasteiger partial charge in [-0.1, -0.05) is 0 Å². The van der Waals surface area contributed by atoms with Crippen LogP contribution in [0.15, 0.2) is 28.3 Å². The number of primary amides is 1. The van der Waals surface area contributed by atoms with Crippen molar-refractivity contribution in [3.63, 3.8) is 0 Å². The molecular formula is C11H9NO3S2. The first-order valence-electron chi connectivity index (χ1n) is 4.73. The molecule has 0 fully saturated rings. The molecule has 0 atom stereocenters. The van der Waals surface area contributed by atoms with Gasteiger partial charge in [-0.25, -0.2) is 4.79 Å². The van der Waals surface area contributed by atoms with Gasteiger partial charge in [0.2, 0.25) is 5.91 Å². The van der Waals surface area contributed by atoms with Crippen LogP contribution in [0.4, 0.5) is 0 Å². The van der Waals surface area contributed by atoms with Gasteiger partial charge in [-0.3, -0.25) is 4.79 Å². The molecule has 0 aliphatic carbocycles. The summed E-state index contributed by atoms with van der Waals surface area (Å²) in [4.78, 5) is 22.9. The summed E-state index contributed by atoms with van der Waals surface area (Å²) in [6, 6.07) is 3.34. The maximum Gasteiger partial charge on any atom is 0.348 e. The number of hydrogen-bond acceptors (Lipinski definition) is 5. The maximum absolute atomic E-state index is 11.6. The van der Waals surface area contributed by atoms with Crippen LogP contribution in [0.2, 0.25) is 0 Å². The van der Waals surface area contributed by atoms with E-state index in [-0.39, 0.29) is 6.61 Å². The van der Waals surface area contributed by atoms with E-state index in [4.69, 9.17) is 10.5 Å². The van der Waals surface area contributed by atoms with E-state index in [1.165, 1.54) is 6.07 Å². The number of nitrogens with two attached hydrogens (primary N) is 1. The second kappa shape index (κ2) is 5.11. The van der Waals surface area contributed by atoms with Crippen LogP contribution < -0.4 is 5.73 Å². The van der Waals surface area contributed by atoms with Crippen LogP contribution in [-0.4, -0.2) is 11.9 Å². The van der Waals surface area contributed by atoms with E-state index >= 15 is 0 Å². The number of carbonyl (C=O) groups is 2. The fraction of sp³-hybridized carbons (Fsp3) is 0.0909. The largest absolute Gasteiger partial charge is 0.457 e. The SMILES string of the molecule is NC(=O)c1csc(C(=O)OCc2ccsc2)c1. The molecule has 17 heavy (non-hydrogen) atoms. The average molecular weight is 267 g/mol. The van der Waals surface area contributed by atoms with Crippen molar-refractivity contribution in [2.24, 2.45) is 5.73 Å². The molecule has 0 aliphatic heterocycles. The summed E-state index contributed by atoms with van der Waals surface area (Å²) < 4.78 is 5.09. The lowest BCUT2D eigenvalue weighted by molar-refractivity contribution is 0.0479. The minimum absolute atomic E-state index is 0.242. The van der Waals surface area contributed by atoms with Crippen molar-refractivity contribution >= 4 is 34.6 Å². The molecule has 2 N–H and O–H groups in total. The van der Waals surface area contributed by atoms with Crippen molar-refractivity contribution in [3.05, 3.63) is 44.3 Å². The fourth-order valence-corrected chi connectivity index (χ4v) is 2.61. The normalized spacial score (nSPS) is 10.1. The lowest BCUT2D eigenvalue weighted by atomic mass is 10.3. The van der Waals surface area contributed by atoms with E-state index in [9.17, 15) is 9.59 Å².